The van der Waals surface area contributed by atoms with Gasteiger partial charge < -0.3 is 9.84 Å². The fourth-order valence-corrected chi connectivity index (χ4v) is 0.694. The van der Waals surface area contributed by atoms with E-state index in [9.17, 15) is 9.59 Å². The largest absolute Gasteiger partial charge is 0.481 e. The van der Waals surface area contributed by atoms with Gasteiger partial charge >= 0.3 is 11.9 Å². The van der Waals surface area contributed by atoms with Crippen molar-refractivity contribution in [1.82, 2.24) is 0 Å². The van der Waals surface area contributed by atoms with Crippen LogP contribution in [0, 0.1) is 5.92 Å². The highest BCUT2D eigenvalue weighted by molar-refractivity contribution is 5.78. The molecule has 0 radical (unpaired) electrons. The van der Waals surface area contributed by atoms with E-state index >= 15 is 0 Å². The van der Waals surface area contributed by atoms with Crippen LogP contribution in [-0.2, 0) is 14.3 Å². The summed E-state index contributed by atoms with van der Waals surface area (Å²) in [6.07, 6.45) is -0.361. The fraction of sp³-hybridized carbons (Fsp3) is 0.750. The fourth-order valence-electron chi connectivity index (χ4n) is 0.694. The van der Waals surface area contributed by atoms with Gasteiger partial charge in [-0.1, -0.05) is 6.92 Å². The summed E-state index contributed by atoms with van der Waals surface area (Å²) in [7, 11) is 0. The molecule has 12 heavy (non-hydrogen) atoms. The number of aliphatic carboxylic acids is 1. The van der Waals surface area contributed by atoms with Gasteiger partial charge in [-0.05, 0) is 13.8 Å². The molecule has 0 aliphatic carbocycles. The highest BCUT2D eigenvalue weighted by Crippen LogP contribution is 2.05. The van der Waals surface area contributed by atoms with E-state index < -0.39 is 17.9 Å². The van der Waals surface area contributed by atoms with Gasteiger partial charge in [0, 0.05) is 0 Å². The molecular formula is C8H14O4. The quantitative estimate of drug-likeness (QED) is 0.647. The molecular weight excluding hydrogens is 160 g/mol. The summed E-state index contributed by atoms with van der Waals surface area (Å²) >= 11 is 0. The lowest BCUT2D eigenvalue weighted by atomic mass is 10.1. The Hall–Kier alpha value is -1.06. The zero-order valence-electron chi connectivity index (χ0n) is 7.53. The first-order valence-electron chi connectivity index (χ1n) is 3.85. The monoisotopic (exact) mass is 174 g/mol. The predicted octanol–water partition coefficient (Wildman–Crippen LogP) is 1.05. The Morgan fingerprint density at radius 1 is 1.33 bits per heavy atom. The molecule has 0 heterocycles. The Kier molecular flexibility index (Phi) is 4.33. The Bertz CT molecular complexity index is 174. The van der Waals surface area contributed by atoms with E-state index in [1.807, 2.05) is 0 Å². The first-order chi connectivity index (χ1) is 5.43. The van der Waals surface area contributed by atoms with Gasteiger partial charge in [-0.15, -0.1) is 0 Å². The van der Waals surface area contributed by atoms with E-state index in [-0.39, 0.29) is 12.5 Å². The van der Waals surface area contributed by atoms with Crippen LogP contribution in [0.25, 0.3) is 0 Å². The maximum atomic E-state index is 11.0. The van der Waals surface area contributed by atoms with Crippen molar-refractivity contribution in [3.05, 3.63) is 0 Å². The second-order valence-corrected chi connectivity index (χ2v) is 2.98. The number of carbonyl (C=O) groups excluding carboxylic acids is 1. The molecule has 0 amide bonds. The first kappa shape index (κ1) is 10.9. The first-order valence-corrected chi connectivity index (χ1v) is 3.85. The van der Waals surface area contributed by atoms with Crippen molar-refractivity contribution in [2.45, 2.75) is 33.3 Å². The number of ether oxygens (including phenoxy) is 1. The molecule has 0 aromatic heterocycles. The van der Waals surface area contributed by atoms with Crippen molar-refractivity contribution in [3.8, 4) is 0 Å². The third-order valence-electron chi connectivity index (χ3n) is 1.24. The smallest absolute Gasteiger partial charge is 0.309 e. The molecule has 0 saturated carbocycles. The summed E-state index contributed by atoms with van der Waals surface area (Å²) in [6, 6.07) is 0. The minimum absolute atomic E-state index is 0.175. The second kappa shape index (κ2) is 4.74. The number of carboxylic acids is 1. The molecule has 0 aromatic carbocycles. The van der Waals surface area contributed by atoms with Crippen LogP contribution in [0.3, 0.4) is 0 Å². The summed E-state index contributed by atoms with van der Waals surface area (Å²) in [5, 5.41) is 8.36. The van der Waals surface area contributed by atoms with E-state index in [2.05, 4.69) is 0 Å². The standard InChI is InChI=1S/C8H14O4/c1-5(2)12-8(11)6(3)4-7(9)10/h5-6H,4H2,1-3H3,(H,9,10). The van der Waals surface area contributed by atoms with Gasteiger partial charge in [0.25, 0.3) is 0 Å². The van der Waals surface area contributed by atoms with Crippen LogP contribution >= 0.6 is 0 Å². The van der Waals surface area contributed by atoms with Gasteiger partial charge in [0.15, 0.2) is 0 Å². The normalized spacial score (nSPS) is 12.7. The lowest BCUT2D eigenvalue weighted by Gasteiger charge is -2.11. The molecule has 4 heteroatoms. The molecule has 0 rings (SSSR count). The highest BCUT2D eigenvalue weighted by Gasteiger charge is 2.18. The number of hydrogen-bond donors (Lipinski definition) is 1. The zero-order chi connectivity index (χ0) is 9.72. The number of rotatable bonds is 4. The summed E-state index contributed by atoms with van der Waals surface area (Å²) in [6.45, 7) is 5.00. The van der Waals surface area contributed by atoms with E-state index in [1.165, 1.54) is 0 Å². The third-order valence-corrected chi connectivity index (χ3v) is 1.24. The minimum Gasteiger partial charge on any atom is -0.481 e. The Morgan fingerprint density at radius 2 is 1.83 bits per heavy atom. The SMILES string of the molecule is CC(C)OC(=O)C(C)CC(=O)O. The van der Waals surface area contributed by atoms with Gasteiger partial charge in [0.05, 0.1) is 18.4 Å². The van der Waals surface area contributed by atoms with E-state index in [0.717, 1.165) is 0 Å². The van der Waals surface area contributed by atoms with Gasteiger partial charge in [0.1, 0.15) is 0 Å². The Labute approximate surface area is 71.5 Å². The number of carboxylic acid groups (broad SMARTS) is 1. The van der Waals surface area contributed by atoms with Crippen molar-refractivity contribution < 1.29 is 19.4 Å². The molecule has 4 nitrogen and oxygen atoms in total. The van der Waals surface area contributed by atoms with Gasteiger partial charge in [0.2, 0.25) is 0 Å². The van der Waals surface area contributed by atoms with Crippen LogP contribution in [0.4, 0.5) is 0 Å². The van der Waals surface area contributed by atoms with Crippen LogP contribution in [0.5, 0.6) is 0 Å². The molecule has 0 aliphatic heterocycles. The molecule has 1 unspecified atom stereocenters. The third kappa shape index (κ3) is 4.71. The Balaban J connectivity index is 3.85. The molecule has 0 fully saturated rings. The van der Waals surface area contributed by atoms with Crippen molar-refractivity contribution in [3.63, 3.8) is 0 Å². The summed E-state index contributed by atoms with van der Waals surface area (Å²) in [5.74, 6) is -2.00. The predicted molar refractivity (Wildman–Crippen MR) is 42.6 cm³/mol. The lowest BCUT2D eigenvalue weighted by molar-refractivity contribution is -0.155. The van der Waals surface area contributed by atoms with E-state index in [1.54, 1.807) is 20.8 Å². The van der Waals surface area contributed by atoms with Crippen molar-refractivity contribution in [2.75, 3.05) is 0 Å². The maximum Gasteiger partial charge on any atom is 0.309 e. The average Bonchev–Trinajstić information content (AvgIpc) is 1.84. The number of esters is 1. The van der Waals surface area contributed by atoms with Crippen molar-refractivity contribution in [1.29, 1.82) is 0 Å². The summed E-state index contributed by atoms with van der Waals surface area (Å²) < 4.78 is 4.81. The molecule has 0 aromatic rings. The lowest BCUT2D eigenvalue weighted by Crippen LogP contribution is -2.21. The minimum atomic E-state index is -0.983. The van der Waals surface area contributed by atoms with Crippen molar-refractivity contribution in [2.24, 2.45) is 5.92 Å². The van der Waals surface area contributed by atoms with E-state index in [4.69, 9.17) is 9.84 Å². The maximum absolute atomic E-state index is 11.0. The summed E-state index contributed by atoms with van der Waals surface area (Å²) in [4.78, 5) is 21.2. The van der Waals surface area contributed by atoms with Gasteiger partial charge in [-0.2, -0.15) is 0 Å². The van der Waals surface area contributed by atoms with Gasteiger partial charge in [-0.3, -0.25) is 9.59 Å². The number of carbonyl (C=O) groups is 2. The van der Waals surface area contributed by atoms with Crippen LogP contribution in [0.1, 0.15) is 27.2 Å². The van der Waals surface area contributed by atoms with Crippen molar-refractivity contribution >= 4 is 11.9 Å². The second-order valence-electron chi connectivity index (χ2n) is 2.98. The molecule has 0 spiro atoms. The molecule has 0 aliphatic rings. The molecule has 1 N–H and O–H groups in total. The van der Waals surface area contributed by atoms with Crippen LogP contribution < -0.4 is 0 Å². The molecule has 70 valence electrons. The topological polar surface area (TPSA) is 63.6 Å². The van der Waals surface area contributed by atoms with E-state index in [0.29, 0.717) is 0 Å². The highest BCUT2D eigenvalue weighted by atomic mass is 16.5. The van der Waals surface area contributed by atoms with Crippen LogP contribution in [0.15, 0.2) is 0 Å². The van der Waals surface area contributed by atoms with Crippen LogP contribution in [-0.4, -0.2) is 23.1 Å². The Morgan fingerprint density at radius 3 is 2.17 bits per heavy atom. The molecule has 0 saturated heterocycles. The zero-order valence-corrected chi connectivity index (χ0v) is 7.53. The number of hydrogen-bond acceptors (Lipinski definition) is 3. The summed E-state index contributed by atoms with van der Waals surface area (Å²) in [5.41, 5.74) is 0. The van der Waals surface area contributed by atoms with Gasteiger partial charge in [-0.25, -0.2) is 0 Å². The average molecular weight is 174 g/mol. The molecule has 1 atom stereocenters. The molecule has 0 bridgehead atoms. The van der Waals surface area contributed by atoms with Crippen LogP contribution in [0.2, 0.25) is 0 Å².